The first-order chi connectivity index (χ1) is 13.3. The number of ether oxygens (including phenoxy) is 2. The highest BCUT2D eigenvalue weighted by Gasteiger charge is 2.50. The Labute approximate surface area is 163 Å². The van der Waals surface area contributed by atoms with Crippen LogP contribution in [0.3, 0.4) is 0 Å². The molecule has 2 saturated heterocycles. The van der Waals surface area contributed by atoms with Gasteiger partial charge in [0.15, 0.2) is 0 Å². The third-order valence-corrected chi connectivity index (χ3v) is 4.82. The first-order valence-electron chi connectivity index (χ1n) is 9.59. The van der Waals surface area contributed by atoms with Crippen molar-refractivity contribution >= 4 is 11.9 Å². The van der Waals surface area contributed by atoms with Crippen LogP contribution in [0.15, 0.2) is 12.4 Å². The van der Waals surface area contributed by atoms with Crippen LogP contribution in [-0.4, -0.2) is 69.9 Å². The van der Waals surface area contributed by atoms with E-state index in [9.17, 15) is 14.7 Å². The van der Waals surface area contributed by atoms with Crippen LogP contribution in [0, 0.1) is 0 Å². The molecule has 3 amide bonds. The second kappa shape index (κ2) is 8.89. The number of urea groups is 1. The number of hydrogen-bond acceptors (Lipinski definition) is 6. The van der Waals surface area contributed by atoms with Crippen LogP contribution in [0.4, 0.5) is 4.79 Å². The van der Waals surface area contributed by atoms with Crippen LogP contribution in [-0.2, 0) is 27.9 Å². The van der Waals surface area contributed by atoms with E-state index in [4.69, 9.17) is 9.47 Å². The minimum absolute atomic E-state index is 0.0298. The molecule has 2 aliphatic rings. The van der Waals surface area contributed by atoms with Crippen molar-refractivity contribution in [2.24, 2.45) is 7.05 Å². The van der Waals surface area contributed by atoms with Crippen LogP contribution in [0.1, 0.15) is 32.3 Å². The quantitative estimate of drug-likeness (QED) is 0.489. The number of hydrogen-bond donors (Lipinski definition) is 4. The smallest absolute Gasteiger partial charge is 0.315 e. The molecule has 156 valence electrons. The van der Waals surface area contributed by atoms with Gasteiger partial charge in [-0.1, -0.05) is 0 Å². The normalized spacial score (nSPS) is 29.0. The van der Waals surface area contributed by atoms with Crippen LogP contribution in [0.5, 0.6) is 0 Å². The van der Waals surface area contributed by atoms with Gasteiger partial charge in [-0.3, -0.25) is 9.48 Å². The van der Waals surface area contributed by atoms with Crippen molar-refractivity contribution in [1.29, 1.82) is 0 Å². The zero-order chi connectivity index (χ0) is 20.3. The van der Waals surface area contributed by atoms with E-state index < -0.39 is 18.3 Å². The van der Waals surface area contributed by atoms with Crippen LogP contribution in [0.2, 0.25) is 0 Å². The van der Waals surface area contributed by atoms with Crippen molar-refractivity contribution in [1.82, 2.24) is 25.7 Å². The van der Waals surface area contributed by atoms with Gasteiger partial charge >= 0.3 is 6.03 Å². The molecule has 10 nitrogen and oxygen atoms in total. The summed E-state index contributed by atoms with van der Waals surface area (Å²) in [5.74, 6) is -0.119. The lowest BCUT2D eigenvalue weighted by Crippen LogP contribution is -2.45. The summed E-state index contributed by atoms with van der Waals surface area (Å²) in [4.78, 5) is 23.8. The minimum atomic E-state index is -0.840. The van der Waals surface area contributed by atoms with E-state index in [1.165, 1.54) is 0 Å². The number of nitrogens with zero attached hydrogens (tertiary/aromatic N) is 2. The molecule has 0 saturated carbocycles. The van der Waals surface area contributed by atoms with E-state index in [0.29, 0.717) is 13.0 Å². The van der Waals surface area contributed by atoms with E-state index in [2.05, 4.69) is 21.0 Å². The number of aromatic nitrogens is 2. The Kier molecular flexibility index (Phi) is 6.53. The van der Waals surface area contributed by atoms with Gasteiger partial charge in [0.2, 0.25) is 5.91 Å². The molecule has 0 aromatic carbocycles. The van der Waals surface area contributed by atoms with Crippen molar-refractivity contribution in [3.63, 3.8) is 0 Å². The number of amides is 3. The number of rotatable bonds is 7. The van der Waals surface area contributed by atoms with Gasteiger partial charge in [0, 0.05) is 44.4 Å². The van der Waals surface area contributed by atoms with Crippen LogP contribution in [0.25, 0.3) is 0 Å². The molecule has 3 heterocycles. The molecule has 2 aliphatic heterocycles. The standard InChI is InChI=1S/C18H29N5O5/c1-10(2)22-18(26)20-8-14-16(25)17-13(28-14)4-12(27-17)5-15(24)19-6-11-7-21-23(3)9-11/h7,9-10,12-14,16-17,25H,4-6,8H2,1-3H3,(H,19,24)(H2,20,22,26)/t12-,13+,14+,16+,17-/m0/s1. The maximum absolute atomic E-state index is 12.1. The van der Waals surface area contributed by atoms with Gasteiger partial charge in [0.25, 0.3) is 0 Å². The van der Waals surface area contributed by atoms with Crippen molar-refractivity contribution < 1.29 is 24.2 Å². The van der Waals surface area contributed by atoms with Gasteiger partial charge in [-0.05, 0) is 13.8 Å². The molecule has 1 aromatic heterocycles. The monoisotopic (exact) mass is 395 g/mol. The Morgan fingerprint density at radius 3 is 2.79 bits per heavy atom. The van der Waals surface area contributed by atoms with Crippen molar-refractivity contribution in [3.8, 4) is 0 Å². The van der Waals surface area contributed by atoms with E-state index in [-0.39, 0.29) is 43.2 Å². The fourth-order valence-electron chi connectivity index (χ4n) is 3.56. The molecular weight excluding hydrogens is 366 g/mol. The Bertz CT molecular complexity index is 694. The summed E-state index contributed by atoms with van der Waals surface area (Å²) in [5, 5.41) is 22.7. The van der Waals surface area contributed by atoms with Gasteiger partial charge < -0.3 is 30.5 Å². The number of fused-ring (bicyclic) bond motifs is 1. The maximum Gasteiger partial charge on any atom is 0.315 e. The SMILES string of the molecule is CC(C)NC(=O)NC[C@H]1O[C@@H]2C[C@@H](CC(=O)NCc3cnn(C)c3)O[C@@H]2[C@@H]1O. The molecule has 0 spiro atoms. The first-order valence-corrected chi connectivity index (χ1v) is 9.59. The number of aliphatic hydroxyl groups is 1. The number of nitrogens with one attached hydrogen (secondary N) is 3. The average Bonchev–Trinajstić information content (AvgIpc) is 3.27. The van der Waals surface area contributed by atoms with Gasteiger partial charge in [0.05, 0.1) is 24.8 Å². The second-order valence-electron chi connectivity index (χ2n) is 7.67. The molecule has 3 rings (SSSR count). The summed E-state index contributed by atoms with van der Waals surface area (Å²) in [5.41, 5.74) is 0.927. The number of aliphatic hydroxyl groups excluding tert-OH is 1. The average molecular weight is 395 g/mol. The Hall–Kier alpha value is -2.17. The van der Waals surface area contributed by atoms with E-state index in [1.807, 2.05) is 27.1 Å². The zero-order valence-corrected chi connectivity index (χ0v) is 16.4. The van der Waals surface area contributed by atoms with Gasteiger partial charge in [-0.25, -0.2) is 4.79 Å². The minimum Gasteiger partial charge on any atom is -0.388 e. The molecule has 5 atom stereocenters. The van der Waals surface area contributed by atoms with Crippen molar-refractivity contribution in [3.05, 3.63) is 18.0 Å². The fraction of sp³-hybridized carbons (Fsp3) is 0.722. The lowest BCUT2D eigenvalue weighted by Gasteiger charge is -2.20. The summed E-state index contributed by atoms with van der Waals surface area (Å²) in [7, 11) is 1.82. The largest absolute Gasteiger partial charge is 0.388 e. The van der Waals surface area contributed by atoms with Gasteiger partial charge in [0.1, 0.15) is 18.3 Å². The highest BCUT2D eigenvalue weighted by Crippen LogP contribution is 2.35. The molecule has 0 aliphatic carbocycles. The molecule has 4 N–H and O–H groups in total. The van der Waals surface area contributed by atoms with Crippen LogP contribution < -0.4 is 16.0 Å². The highest BCUT2D eigenvalue weighted by atomic mass is 16.6. The van der Waals surface area contributed by atoms with E-state index >= 15 is 0 Å². The molecule has 1 aromatic rings. The van der Waals surface area contributed by atoms with Crippen molar-refractivity contribution in [2.75, 3.05) is 6.54 Å². The molecule has 0 bridgehead atoms. The third kappa shape index (κ3) is 5.21. The van der Waals surface area contributed by atoms with E-state index in [1.54, 1.807) is 10.9 Å². The summed E-state index contributed by atoms with van der Waals surface area (Å²) in [6.07, 6.45) is 1.90. The lowest BCUT2D eigenvalue weighted by atomic mass is 10.1. The third-order valence-electron chi connectivity index (χ3n) is 4.82. The summed E-state index contributed by atoms with van der Waals surface area (Å²) < 4.78 is 13.4. The topological polar surface area (TPSA) is 127 Å². The summed E-state index contributed by atoms with van der Waals surface area (Å²) in [6.45, 7) is 4.35. The Morgan fingerprint density at radius 1 is 1.36 bits per heavy atom. The maximum atomic E-state index is 12.1. The number of aryl methyl sites for hydroxylation is 1. The fourth-order valence-corrected chi connectivity index (χ4v) is 3.56. The Morgan fingerprint density at radius 2 is 2.14 bits per heavy atom. The molecule has 10 heteroatoms. The van der Waals surface area contributed by atoms with Crippen molar-refractivity contribution in [2.45, 2.75) is 69.8 Å². The molecule has 0 radical (unpaired) electrons. The first kappa shape index (κ1) is 20.6. The molecule has 0 unspecified atom stereocenters. The van der Waals surface area contributed by atoms with Gasteiger partial charge in [-0.2, -0.15) is 5.10 Å². The predicted octanol–water partition coefficient (Wildman–Crippen LogP) is -0.580. The number of carbonyl (C=O) groups is 2. The van der Waals surface area contributed by atoms with Gasteiger partial charge in [-0.15, -0.1) is 0 Å². The predicted molar refractivity (Wildman–Crippen MR) is 99.3 cm³/mol. The van der Waals surface area contributed by atoms with Crippen LogP contribution >= 0.6 is 0 Å². The molecule has 28 heavy (non-hydrogen) atoms. The molecular formula is C18H29N5O5. The van der Waals surface area contributed by atoms with E-state index in [0.717, 1.165) is 5.56 Å². The summed E-state index contributed by atoms with van der Waals surface area (Å²) >= 11 is 0. The highest BCUT2D eigenvalue weighted by molar-refractivity contribution is 5.76. The zero-order valence-electron chi connectivity index (χ0n) is 16.4. The lowest BCUT2D eigenvalue weighted by molar-refractivity contribution is -0.124. The summed E-state index contributed by atoms with van der Waals surface area (Å²) in [6, 6.07) is -0.269. The molecule has 2 fully saturated rings. The number of carbonyl (C=O) groups excluding carboxylic acids is 2. The Balaban J connectivity index is 1.39. The second-order valence-corrected chi connectivity index (χ2v) is 7.67.